The fraction of sp³-hybridized carbons (Fsp3) is 0.718. The van der Waals surface area contributed by atoms with Gasteiger partial charge in [0.2, 0.25) is 0 Å². The number of benzene rings is 5. The number of piperidine rings is 6. The van der Waals surface area contributed by atoms with Crippen molar-refractivity contribution >= 4 is 55.2 Å². The molecule has 0 radical (unpaired) electrons. The molecule has 9 saturated heterocycles. The van der Waals surface area contributed by atoms with Gasteiger partial charge in [-0.3, -0.25) is 0 Å². The lowest BCUT2D eigenvalue weighted by Gasteiger charge is -2.36. The Balaban J connectivity index is 0.000000110. The van der Waals surface area contributed by atoms with Gasteiger partial charge < -0.3 is 74.3 Å². The van der Waals surface area contributed by atoms with Crippen molar-refractivity contribution in [3.05, 3.63) is 150 Å². The van der Waals surface area contributed by atoms with Crippen LogP contribution < -0.4 is 27.0 Å². The number of fused-ring (bicyclic) bond motifs is 5. The van der Waals surface area contributed by atoms with Crippen LogP contribution >= 0.6 is 0 Å². The van der Waals surface area contributed by atoms with Crippen molar-refractivity contribution in [3.8, 4) is 0 Å². The topological polar surface area (TPSA) is 179 Å². The molecule has 5 aromatic heterocycles. The predicted molar refractivity (Wildman–Crippen MR) is 599 cm³/mol. The van der Waals surface area contributed by atoms with Crippen LogP contribution in [0, 0.1) is 29.6 Å². The number of rotatable bonds is 21. The van der Waals surface area contributed by atoms with Gasteiger partial charge in [-0.25, -0.2) is 24.9 Å². The number of hydrogen-bond acceptors (Lipinski definition) is 15. The Hall–Kier alpha value is -6.95. The second-order valence-corrected chi connectivity index (χ2v) is 48.0. The van der Waals surface area contributed by atoms with E-state index in [4.69, 9.17) is 30.7 Å². The molecule has 0 amide bonds. The molecule has 20 heteroatoms. The number of imidazole rings is 5. The summed E-state index contributed by atoms with van der Waals surface area (Å²) in [4.78, 5) is 39.2. The Morgan fingerprint density at radius 3 is 0.743 bits per heavy atom. The van der Waals surface area contributed by atoms with Gasteiger partial charge in [0, 0.05) is 172 Å². The summed E-state index contributed by atoms with van der Waals surface area (Å²) in [5.41, 5.74) is 18.4. The van der Waals surface area contributed by atoms with Crippen molar-refractivity contribution in [2.45, 2.75) is 388 Å². The minimum absolute atomic E-state index is 0.440. The maximum Gasteiger partial charge on any atom is 0.127 e. The van der Waals surface area contributed by atoms with E-state index in [1.807, 2.05) is 0 Å². The van der Waals surface area contributed by atoms with Crippen molar-refractivity contribution in [2.75, 3.05) is 151 Å². The van der Waals surface area contributed by atoms with E-state index in [1.165, 1.54) is 504 Å². The third-order valence-corrected chi connectivity index (χ3v) is 37.7. The van der Waals surface area contributed by atoms with Crippen molar-refractivity contribution in [1.82, 2.24) is 93.5 Å². The summed E-state index contributed by atoms with van der Waals surface area (Å²) in [5, 5.41) is 14.4. The first kappa shape index (κ1) is 104. The van der Waals surface area contributed by atoms with Gasteiger partial charge in [-0.15, -0.1) is 0 Å². The van der Waals surface area contributed by atoms with Gasteiger partial charge in [0.15, 0.2) is 0 Å². The fourth-order valence-corrected chi connectivity index (χ4v) is 29.7. The number of nitrogens with zero attached hydrogens (tertiary/aromatic N) is 15. The summed E-state index contributed by atoms with van der Waals surface area (Å²) in [6.07, 6.45) is 72.2. The fourth-order valence-electron chi connectivity index (χ4n) is 29.7. The number of nitrogens with two attached hydrogens (primary N) is 1. The molecule has 5 aromatic carbocycles. The van der Waals surface area contributed by atoms with Crippen molar-refractivity contribution in [2.24, 2.45) is 35.3 Å². The molecule has 14 aliphatic rings. The molecule has 9 aliphatic heterocycles. The molecule has 0 unspecified atom stereocenters. The lowest BCUT2D eigenvalue weighted by Crippen LogP contribution is -2.38. The third kappa shape index (κ3) is 27.7. The van der Waals surface area contributed by atoms with E-state index in [9.17, 15) is 0 Å². The van der Waals surface area contributed by atoms with Crippen LogP contribution in [0.3, 0.4) is 0 Å². The van der Waals surface area contributed by atoms with Crippen LogP contribution in [0.1, 0.15) is 411 Å². The van der Waals surface area contributed by atoms with Gasteiger partial charge in [-0.2, -0.15) is 0 Å². The molecule has 5 saturated carbocycles. The smallest absolute Gasteiger partial charge is 0.127 e. The Morgan fingerprint density at radius 2 is 0.472 bits per heavy atom. The van der Waals surface area contributed by atoms with Crippen molar-refractivity contribution < 1.29 is 0 Å². The molecule has 14 fully saturated rings. The first-order valence-electron chi connectivity index (χ1n) is 60.9. The molecule has 0 spiro atoms. The monoisotopic (exact) mass is 1960 g/mol. The van der Waals surface area contributed by atoms with E-state index in [1.54, 1.807) is 0 Å². The first-order chi connectivity index (χ1) is 71.4. The molecule has 6 N–H and O–H groups in total. The van der Waals surface area contributed by atoms with E-state index in [2.05, 4.69) is 190 Å². The zero-order valence-corrected chi connectivity index (χ0v) is 89.4. The Bertz CT molecular complexity index is 5040. The largest absolute Gasteiger partial charge is 0.330 e. The Labute approximate surface area is 867 Å². The van der Waals surface area contributed by atoms with Gasteiger partial charge in [0.1, 0.15) is 29.1 Å². The van der Waals surface area contributed by atoms with E-state index in [0.29, 0.717) is 60.5 Å². The number of likely N-dealkylation sites (tertiary alicyclic amines) is 5. The molecule has 14 heterocycles. The van der Waals surface area contributed by atoms with Crippen LogP contribution in [-0.2, 0) is 6.42 Å². The molecule has 10 aromatic rings. The van der Waals surface area contributed by atoms with Gasteiger partial charge in [-0.1, -0.05) is 221 Å². The van der Waals surface area contributed by atoms with E-state index in [0.717, 1.165) is 87.3 Å². The first-order valence-corrected chi connectivity index (χ1v) is 60.9. The Morgan fingerprint density at radius 1 is 0.229 bits per heavy atom. The summed E-state index contributed by atoms with van der Waals surface area (Å²) in [6, 6.07) is 47.2. The van der Waals surface area contributed by atoms with Crippen LogP contribution in [0.25, 0.3) is 55.2 Å². The normalized spacial score (nSPS) is 25.1. The predicted octanol–water partition coefficient (Wildman–Crippen LogP) is 25.7. The van der Waals surface area contributed by atoms with E-state index >= 15 is 0 Å². The van der Waals surface area contributed by atoms with Crippen LogP contribution in [0.15, 0.2) is 121 Å². The highest BCUT2D eigenvalue weighted by Gasteiger charge is 2.38. The quantitative estimate of drug-likeness (QED) is 0.0458. The molecular weight excluding hydrogens is 1770 g/mol. The Kier molecular flexibility index (Phi) is 39.2. The van der Waals surface area contributed by atoms with Crippen molar-refractivity contribution in [1.29, 1.82) is 0 Å². The zero-order chi connectivity index (χ0) is 97.1. The van der Waals surface area contributed by atoms with E-state index < -0.39 is 0 Å². The molecular formula is C124H190N20. The van der Waals surface area contributed by atoms with Crippen molar-refractivity contribution in [3.63, 3.8) is 0 Å². The average Bonchev–Trinajstić information content (AvgIpc) is 1.62. The van der Waals surface area contributed by atoms with Crippen LogP contribution in [-0.4, -0.2) is 223 Å². The van der Waals surface area contributed by atoms with Gasteiger partial charge in [0.05, 0.1) is 61.2 Å². The lowest BCUT2D eigenvalue weighted by atomic mass is 9.90. The highest BCUT2D eigenvalue weighted by atomic mass is 15.2. The number of nitrogens with one attached hydrogen (secondary N) is 4. The molecule has 5 aliphatic carbocycles. The molecule has 4 atom stereocenters. The summed E-state index contributed by atoms with van der Waals surface area (Å²) in [6.45, 7) is 27.7. The molecule has 20 nitrogen and oxygen atoms in total. The highest BCUT2D eigenvalue weighted by molar-refractivity contribution is 5.79. The summed E-state index contributed by atoms with van der Waals surface area (Å²) in [7, 11) is 0. The third-order valence-electron chi connectivity index (χ3n) is 37.7. The highest BCUT2D eigenvalue weighted by Crippen LogP contribution is 2.43. The maximum absolute atomic E-state index is 5.87. The van der Waals surface area contributed by atoms with Gasteiger partial charge in [0.25, 0.3) is 0 Å². The standard InChI is InChI=1S/C26H40N4.3C25H38N4.C23H36N4/c1-2-4-9-21(10-5-3-1)20-29-17-14-23(15-18-29)30-25-13-7-6-12-24(25)28-26(30)22-11-8-16-27-19-22;1-2-4-9-20(10-5-3-1)19-28-17-14-21(15-18-28)29-24-13-7-6-11-22(24)27-25(29)23-12-8-16-26-23;2*1-2-4-8-20(9-5-3-1)19-28-16-13-22(14-17-28)29-24-11-7-6-10-23(24)27-25(29)21-12-15-26-18-21;24-15-12-23-25-21-10-6-7-11-22(21)27(23)20-13-16-26(17-14-20)18-19-8-4-2-1-3-5-9-19/h6-7,12-13,21-23,27H,1-5,8-11,14-20H2;6-7,11,13,20-21,23,26H,1-5,8-10,12,14-19H2;2*6-7,10-11,20-22,26H,1-5,8-9,12-19H2;6-7,10-11,19-20H,1-5,8-9,12-18,24H2/t22-;23-;2*21-;/m1010./s1. The number of para-hydroxylation sites is 10. The SMILES string of the molecule is NCCc1nc2ccccc2n1C1CCN(CC2CCCCCCC2)CC1.c1ccc2c(c1)nc([C@@H]1CCCN1)n2C1CCN(CC2CCCCCCC2)CC1.c1ccc2c(c1)nc([C@@H]1CCCNC1)n2C1CCN(CC2CCCCCCC2)CC1.c1ccc2c(c1)nc([C@@H]1CCNC1)n2C1CCN(CC2CCCCCCC2)CC1.c1ccc2c(c1)nc([C@H]1CCNC1)n2C1CCN(CC2CCCCCCC2)CC1. The van der Waals surface area contributed by atoms with Crippen LogP contribution in [0.5, 0.6) is 0 Å². The second-order valence-electron chi connectivity index (χ2n) is 48.0. The van der Waals surface area contributed by atoms with E-state index in [-0.39, 0.29) is 0 Å². The minimum atomic E-state index is 0.440. The molecule has 24 rings (SSSR count). The molecule has 144 heavy (non-hydrogen) atoms. The van der Waals surface area contributed by atoms with Crippen LogP contribution in [0.2, 0.25) is 0 Å². The molecule has 0 bridgehead atoms. The second kappa shape index (κ2) is 54.2. The minimum Gasteiger partial charge on any atom is -0.330 e. The summed E-state index contributed by atoms with van der Waals surface area (Å²) >= 11 is 0. The average molecular weight is 1960 g/mol. The lowest BCUT2D eigenvalue weighted by molar-refractivity contribution is 0.151. The molecule has 786 valence electrons. The summed E-state index contributed by atoms with van der Waals surface area (Å²) in [5.74, 6) is 12.9. The van der Waals surface area contributed by atoms with Crippen LogP contribution in [0.4, 0.5) is 0 Å². The van der Waals surface area contributed by atoms with Gasteiger partial charge in [-0.05, 0) is 290 Å². The number of aromatic nitrogens is 10. The summed E-state index contributed by atoms with van der Waals surface area (Å²) < 4.78 is 13.1. The zero-order valence-electron chi connectivity index (χ0n) is 89.4. The van der Waals surface area contributed by atoms with Gasteiger partial charge >= 0.3 is 0 Å². The number of hydrogen-bond donors (Lipinski definition) is 5. The maximum atomic E-state index is 5.87.